The van der Waals surface area contributed by atoms with Crippen molar-refractivity contribution in [3.63, 3.8) is 0 Å². The first kappa shape index (κ1) is 17.9. The number of piperidine rings is 1. The number of hydrogen-bond donors (Lipinski definition) is 1. The van der Waals surface area contributed by atoms with Crippen molar-refractivity contribution in [2.45, 2.75) is 46.0 Å². The number of anilines is 1. The van der Waals surface area contributed by atoms with E-state index in [1.165, 1.54) is 5.56 Å². The quantitative estimate of drug-likeness (QED) is 0.878. The van der Waals surface area contributed by atoms with Gasteiger partial charge in [-0.15, -0.1) is 21.5 Å². The molecule has 0 bridgehead atoms. The molecule has 0 radical (unpaired) electrons. The van der Waals surface area contributed by atoms with E-state index in [2.05, 4.69) is 29.4 Å². The molecule has 134 valence electrons. The van der Waals surface area contributed by atoms with E-state index in [0.29, 0.717) is 18.4 Å². The fourth-order valence-electron chi connectivity index (χ4n) is 3.07. The molecular weight excluding hydrogens is 332 g/mol. The fraction of sp³-hybridized carbons (Fsp3) is 0.526. The first-order valence-electron chi connectivity index (χ1n) is 8.96. The summed E-state index contributed by atoms with van der Waals surface area (Å²) in [6.45, 7) is 7.94. The molecule has 0 saturated carbocycles. The highest BCUT2D eigenvalue weighted by atomic mass is 32.1. The first-order valence-corrected chi connectivity index (χ1v) is 9.78. The molecule has 1 atom stereocenters. The van der Waals surface area contributed by atoms with Crippen LogP contribution >= 0.6 is 11.3 Å². The summed E-state index contributed by atoms with van der Waals surface area (Å²) in [5.74, 6) is 0.889. The van der Waals surface area contributed by atoms with Crippen LogP contribution in [0.15, 0.2) is 24.3 Å². The Hall–Kier alpha value is -1.95. The fourth-order valence-corrected chi connectivity index (χ4v) is 4.25. The van der Waals surface area contributed by atoms with Crippen LogP contribution in [-0.4, -0.2) is 34.2 Å². The highest BCUT2D eigenvalue weighted by Crippen LogP contribution is 2.30. The molecular formula is C19H26N4OS. The second kappa shape index (κ2) is 7.95. The monoisotopic (exact) mass is 358 g/mol. The van der Waals surface area contributed by atoms with Gasteiger partial charge in [0.05, 0.1) is 0 Å². The molecule has 1 aliphatic rings. The van der Waals surface area contributed by atoms with Crippen LogP contribution in [0, 0.1) is 12.8 Å². The van der Waals surface area contributed by atoms with E-state index in [-0.39, 0.29) is 6.03 Å². The highest BCUT2D eigenvalue weighted by molar-refractivity contribution is 7.11. The van der Waals surface area contributed by atoms with E-state index in [1.54, 1.807) is 11.3 Å². The third-order valence-corrected chi connectivity index (χ3v) is 5.53. The van der Waals surface area contributed by atoms with Gasteiger partial charge in [-0.1, -0.05) is 31.5 Å². The van der Waals surface area contributed by atoms with E-state index in [4.69, 9.17) is 0 Å². The molecule has 1 N–H and O–H groups in total. The van der Waals surface area contributed by atoms with Crippen LogP contribution in [0.4, 0.5) is 10.5 Å². The number of rotatable bonds is 4. The third-order valence-electron chi connectivity index (χ3n) is 4.43. The normalized spacial score (nSPS) is 17.8. The second-order valence-electron chi connectivity index (χ2n) is 7.21. The number of aromatic nitrogens is 2. The smallest absolute Gasteiger partial charge is 0.321 e. The lowest BCUT2D eigenvalue weighted by Gasteiger charge is -2.31. The van der Waals surface area contributed by atoms with Gasteiger partial charge in [0.1, 0.15) is 10.0 Å². The Morgan fingerprint density at radius 3 is 2.80 bits per heavy atom. The topological polar surface area (TPSA) is 58.1 Å². The number of carbonyl (C=O) groups is 1. The molecule has 2 aromatic rings. The van der Waals surface area contributed by atoms with E-state index in [1.807, 2.05) is 36.1 Å². The lowest BCUT2D eigenvalue weighted by Crippen LogP contribution is -2.41. The number of hydrogen-bond acceptors (Lipinski definition) is 4. The van der Waals surface area contributed by atoms with Crippen molar-refractivity contribution in [1.82, 2.24) is 15.1 Å². The molecule has 3 rings (SSSR count). The van der Waals surface area contributed by atoms with Crippen molar-refractivity contribution < 1.29 is 4.79 Å². The minimum Gasteiger partial charge on any atom is -0.324 e. The molecule has 1 fully saturated rings. The first-order chi connectivity index (χ1) is 12.0. The second-order valence-corrected chi connectivity index (χ2v) is 8.31. The molecule has 0 spiro atoms. The average Bonchev–Trinajstić information content (AvgIpc) is 3.05. The summed E-state index contributed by atoms with van der Waals surface area (Å²) in [4.78, 5) is 14.5. The Morgan fingerprint density at radius 2 is 2.08 bits per heavy atom. The Balaban J connectivity index is 1.61. The van der Waals surface area contributed by atoms with Crippen molar-refractivity contribution in [2.24, 2.45) is 5.92 Å². The zero-order valence-corrected chi connectivity index (χ0v) is 16.0. The zero-order chi connectivity index (χ0) is 17.8. The van der Waals surface area contributed by atoms with Gasteiger partial charge in [0, 0.05) is 31.1 Å². The van der Waals surface area contributed by atoms with Crippen LogP contribution in [0.25, 0.3) is 0 Å². The molecule has 1 saturated heterocycles. The van der Waals surface area contributed by atoms with Gasteiger partial charge in [-0.2, -0.15) is 0 Å². The summed E-state index contributed by atoms with van der Waals surface area (Å²) in [5.41, 5.74) is 2.03. The standard InChI is InChI=1S/C19H26N4OS/c1-13(2)11-17-21-22-18(25-17)15-5-4-10-23(12-15)19(24)20-16-8-6-14(3)7-9-16/h6-9,13,15H,4-5,10-12H2,1-3H3,(H,20,24). The number of carbonyl (C=O) groups excluding carboxylic acids is 1. The maximum atomic E-state index is 12.6. The van der Waals surface area contributed by atoms with Crippen LogP contribution in [0.2, 0.25) is 0 Å². The van der Waals surface area contributed by atoms with Crippen molar-refractivity contribution in [2.75, 3.05) is 18.4 Å². The average molecular weight is 359 g/mol. The highest BCUT2D eigenvalue weighted by Gasteiger charge is 2.27. The maximum Gasteiger partial charge on any atom is 0.321 e. The largest absolute Gasteiger partial charge is 0.324 e. The molecule has 1 aromatic carbocycles. The number of benzene rings is 1. The van der Waals surface area contributed by atoms with E-state index in [9.17, 15) is 4.79 Å². The number of likely N-dealkylation sites (tertiary alicyclic amines) is 1. The van der Waals surface area contributed by atoms with E-state index in [0.717, 1.165) is 41.5 Å². The van der Waals surface area contributed by atoms with E-state index < -0.39 is 0 Å². The molecule has 2 heterocycles. The van der Waals surface area contributed by atoms with Gasteiger partial charge in [0.25, 0.3) is 0 Å². The summed E-state index contributed by atoms with van der Waals surface area (Å²) in [5, 5.41) is 13.9. The number of nitrogens with zero attached hydrogens (tertiary/aromatic N) is 3. The molecule has 5 nitrogen and oxygen atoms in total. The summed E-state index contributed by atoms with van der Waals surface area (Å²) < 4.78 is 0. The van der Waals surface area contributed by atoms with Crippen molar-refractivity contribution in [3.05, 3.63) is 39.8 Å². The summed E-state index contributed by atoms with van der Waals surface area (Å²) in [6.07, 6.45) is 3.05. The van der Waals surface area contributed by atoms with Gasteiger partial charge in [0.15, 0.2) is 0 Å². The lowest BCUT2D eigenvalue weighted by molar-refractivity contribution is 0.192. The SMILES string of the molecule is Cc1ccc(NC(=O)N2CCCC(c3nnc(CC(C)C)s3)C2)cc1. The van der Waals surface area contributed by atoms with Crippen LogP contribution in [0.1, 0.15) is 48.2 Å². The Morgan fingerprint density at radius 1 is 1.32 bits per heavy atom. The van der Waals surface area contributed by atoms with E-state index >= 15 is 0 Å². The van der Waals surface area contributed by atoms with Crippen molar-refractivity contribution in [1.29, 1.82) is 0 Å². The number of amides is 2. The van der Waals surface area contributed by atoms with Gasteiger partial charge >= 0.3 is 6.03 Å². The summed E-state index contributed by atoms with van der Waals surface area (Å²) in [7, 11) is 0. The summed E-state index contributed by atoms with van der Waals surface area (Å²) in [6, 6.07) is 7.87. The van der Waals surface area contributed by atoms with Crippen molar-refractivity contribution in [3.8, 4) is 0 Å². The molecule has 1 aromatic heterocycles. The Bertz CT molecular complexity index is 710. The Kier molecular flexibility index (Phi) is 5.68. The Labute approximate surface area is 153 Å². The molecule has 25 heavy (non-hydrogen) atoms. The van der Waals surface area contributed by atoms with Gasteiger partial charge in [-0.25, -0.2) is 4.79 Å². The van der Waals surface area contributed by atoms with Gasteiger partial charge in [0.2, 0.25) is 0 Å². The van der Waals surface area contributed by atoms with Crippen LogP contribution in [0.3, 0.4) is 0 Å². The molecule has 1 aliphatic heterocycles. The van der Waals surface area contributed by atoms with Gasteiger partial charge in [-0.3, -0.25) is 0 Å². The predicted molar refractivity (Wildman–Crippen MR) is 102 cm³/mol. The molecule has 1 unspecified atom stereocenters. The number of nitrogens with one attached hydrogen (secondary N) is 1. The van der Waals surface area contributed by atoms with Crippen LogP contribution in [-0.2, 0) is 6.42 Å². The third kappa shape index (κ3) is 4.78. The van der Waals surface area contributed by atoms with Crippen LogP contribution in [0.5, 0.6) is 0 Å². The van der Waals surface area contributed by atoms with Gasteiger partial charge in [-0.05, 0) is 37.8 Å². The minimum absolute atomic E-state index is 0.0273. The molecule has 6 heteroatoms. The van der Waals surface area contributed by atoms with Gasteiger partial charge < -0.3 is 10.2 Å². The maximum absolute atomic E-state index is 12.6. The number of urea groups is 1. The predicted octanol–water partition coefficient (Wildman–Crippen LogP) is 4.46. The molecule has 0 aliphatic carbocycles. The zero-order valence-electron chi connectivity index (χ0n) is 15.2. The van der Waals surface area contributed by atoms with Crippen LogP contribution < -0.4 is 5.32 Å². The summed E-state index contributed by atoms with van der Waals surface area (Å²) >= 11 is 1.71. The number of aryl methyl sites for hydroxylation is 1. The molecule has 2 amide bonds. The lowest BCUT2D eigenvalue weighted by atomic mass is 9.99. The van der Waals surface area contributed by atoms with Crippen molar-refractivity contribution >= 4 is 23.1 Å². The minimum atomic E-state index is -0.0273.